The lowest BCUT2D eigenvalue weighted by molar-refractivity contribution is 0.256. The van der Waals surface area contributed by atoms with Crippen LogP contribution in [0.1, 0.15) is 0 Å². The van der Waals surface area contributed by atoms with Crippen LogP contribution in [-0.2, 0) is 0 Å². The Labute approximate surface area is 152 Å². The smallest absolute Gasteiger partial charge is 0.323 e. The van der Waals surface area contributed by atoms with Gasteiger partial charge in [0.25, 0.3) is 0 Å². The third-order valence-corrected chi connectivity index (χ3v) is 3.29. The number of nitrogens with one attached hydrogen (secondary N) is 1. The van der Waals surface area contributed by atoms with Crippen molar-refractivity contribution in [2.75, 3.05) is 10.2 Å². The standard InChI is InChI=1S/C13H12N2O.C7H8N2O/c14-13(16)15(11-7-3-1-4-8-11)12-9-5-2-6-10-12;8-7(10)9-6-4-2-1-3-5-6/h1-10H,(H2,14,16);1-5H,(H3,8,9,10). The quantitative estimate of drug-likeness (QED) is 0.664. The number of amides is 4. The van der Waals surface area contributed by atoms with Gasteiger partial charge in [-0.2, -0.15) is 0 Å². The number of nitrogens with two attached hydrogens (primary N) is 2. The molecule has 6 nitrogen and oxygen atoms in total. The number of nitrogens with zero attached hydrogens (tertiary/aromatic N) is 1. The van der Waals surface area contributed by atoms with Crippen LogP contribution in [0.25, 0.3) is 0 Å². The number of para-hydroxylation sites is 3. The lowest BCUT2D eigenvalue weighted by Crippen LogP contribution is -2.31. The van der Waals surface area contributed by atoms with Gasteiger partial charge in [0.15, 0.2) is 0 Å². The van der Waals surface area contributed by atoms with Gasteiger partial charge in [-0.1, -0.05) is 54.6 Å². The van der Waals surface area contributed by atoms with E-state index in [1.54, 1.807) is 12.1 Å². The minimum atomic E-state index is -0.536. The first-order chi connectivity index (χ1) is 12.6. The molecule has 0 aromatic heterocycles. The SMILES string of the molecule is NC(=O)N(c1ccccc1)c1ccccc1.NC(=O)Nc1ccccc1. The Morgan fingerprint density at radius 2 is 1.04 bits per heavy atom. The highest BCUT2D eigenvalue weighted by Crippen LogP contribution is 2.24. The van der Waals surface area contributed by atoms with Gasteiger partial charge < -0.3 is 16.8 Å². The molecule has 0 aliphatic heterocycles. The lowest BCUT2D eigenvalue weighted by atomic mass is 10.2. The average Bonchev–Trinajstić information content (AvgIpc) is 2.64. The molecule has 3 aromatic rings. The number of urea groups is 2. The van der Waals surface area contributed by atoms with Crippen LogP contribution >= 0.6 is 0 Å². The van der Waals surface area contributed by atoms with Gasteiger partial charge in [0.05, 0.1) is 11.4 Å². The monoisotopic (exact) mass is 348 g/mol. The van der Waals surface area contributed by atoms with Crippen molar-refractivity contribution in [2.24, 2.45) is 11.5 Å². The van der Waals surface area contributed by atoms with E-state index in [-0.39, 0.29) is 0 Å². The van der Waals surface area contributed by atoms with E-state index in [2.05, 4.69) is 5.32 Å². The molecule has 0 unspecified atom stereocenters. The largest absolute Gasteiger partial charge is 0.351 e. The number of hydrogen-bond acceptors (Lipinski definition) is 2. The minimum absolute atomic E-state index is 0.489. The van der Waals surface area contributed by atoms with Crippen LogP contribution < -0.4 is 21.7 Å². The van der Waals surface area contributed by atoms with Gasteiger partial charge in [-0.25, -0.2) is 9.59 Å². The first-order valence-corrected chi connectivity index (χ1v) is 7.89. The Kier molecular flexibility index (Phi) is 6.76. The van der Waals surface area contributed by atoms with Crippen LogP contribution in [-0.4, -0.2) is 12.1 Å². The molecule has 6 heteroatoms. The summed E-state index contributed by atoms with van der Waals surface area (Å²) in [6.45, 7) is 0. The fraction of sp³-hybridized carbons (Fsp3) is 0. The molecule has 0 aliphatic rings. The molecule has 0 radical (unpaired) electrons. The van der Waals surface area contributed by atoms with Gasteiger partial charge in [-0.05, 0) is 36.4 Å². The molecule has 0 saturated carbocycles. The third-order valence-electron chi connectivity index (χ3n) is 3.29. The van der Waals surface area contributed by atoms with E-state index >= 15 is 0 Å². The second kappa shape index (κ2) is 9.48. The number of rotatable bonds is 3. The molecule has 0 heterocycles. The number of carbonyl (C=O) groups is 2. The van der Waals surface area contributed by atoms with E-state index in [0.717, 1.165) is 17.1 Å². The summed E-state index contributed by atoms with van der Waals surface area (Å²) in [6, 6.07) is 26.7. The summed E-state index contributed by atoms with van der Waals surface area (Å²) in [7, 11) is 0. The number of hydrogen-bond donors (Lipinski definition) is 3. The first kappa shape index (κ1) is 18.5. The molecule has 26 heavy (non-hydrogen) atoms. The Morgan fingerprint density at radius 1 is 0.654 bits per heavy atom. The predicted octanol–water partition coefficient (Wildman–Crippen LogP) is 4.08. The summed E-state index contributed by atoms with van der Waals surface area (Å²) < 4.78 is 0. The van der Waals surface area contributed by atoms with Crippen LogP contribution in [0.5, 0.6) is 0 Å². The van der Waals surface area contributed by atoms with E-state index in [1.165, 1.54) is 4.90 Å². The van der Waals surface area contributed by atoms with Gasteiger partial charge in [-0.3, -0.25) is 4.90 Å². The zero-order valence-electron chi connectivity index (χ0n) is 14.1. The van der Waals surface area contributed by atoms with Gasteiger partial charge >= 0.3 is 12.1 Å². The molecule has 5 N–H and O–H groups in total. The van der Waals surface area contributed by atoms with E-state index in [1.807, 2.05) is 78.9 Å². The number of carbonyl (C=O) groups excluding carboxylic acids is 2. The summed E-state index contributed by atoms with van der Waals surface area (Å²) in [6.07, 6.45) is 0. The molecule has 0 bridgehead atoms. The van der Waals surface area contributed by atoms with Crippen LogP contribution in [0.2, 0.25) is 0 Å². The molecule has 3 rings (SSSR count). The normalized spacial score (nSPS) is 9.38. The van der Waals surface area contributed by atoms with E-state index in [4.69, 9.17) is 11.5 Å². The number of primary amides is 2. The van der Waals surface area contributed by atoms with Crippen LogP contribution in [0.15, 0.2) is 91.0 Å². The van der Waals surface area contributed by atoms with Crippen molar-refractivity contribution in [2.45, 2.75) is 0 Å². The van der Waals surface area contributed by atoms with Crippen molar-refractivity contribution >= 4 is 29.1 Å². The van der Waals surface area contributed by atoms with Gasteiger partial charge in [0, 0.05) is 5.69 Å². The van der Waals surface area contributed by atoms with Gasteiger partial charge in [-0.15, -0.1) is 0 Å². The van der Waals surface area contributed by atoms with E-state index < -0.39 is 12.1 Å². The molecule has 132 valence electrons. The minimum Gasteiger partial charge on any atom is -0.351 e. The van der Waals surface area contributed by atoms with Crippen molar-refractivity contribution in [1.82, 2.24) is 0 Å². The van der Waals surface area contributed by atoms with Crippen LogP contribution in [0, 0.1) is 0 Å². The summed E-state index contributed by atoms with van der Waals surface area (Å²) in [4.78, 5) is 23.2. The number of anilines is 3. The molecular formula is C20H20N4O2. The topological polar surface area (TPSA) is 101 Å². The van der Waals surface area contributed by atoms with Gasteiger partial charge in [0.1, 0.15) is 0 Å². The van der Waals surface area contributed by atoms with Crippen molar-refractivity contribution in [3.8, 4) is 0 Å². The van der Waals surface area contributed by atoms with Crippen LogP contribution in [0.3, 0.4) is 0 Å². The second-order valence-electron chi connectivity index (χ2n) is 5.20. The predicted molar refractivity (Wildman–Crippen MR) is 104 cm³/mol. The third kappa shape index (κ3) is 5.68. The fourth-order valence-corrected chi connectivity index (χ4v) is 2.22. The molecule has 0 atom stereocenters. The highest BCUT2D eigenvalue weighted by Gasteiger charge is 2.13. The Morgan fingerprint density at radius 3 is 1.38 bits per heavy atom. The van der Waals surface area contributed by atoms with Gasteiger partial charge in [0.2, 0.25) is 0 Å². The Bertz CT molecular complexity index is 785. The fourth-order valence-electron chi connectivity index (χ4n) is 2.22. The molecule has 0 saturated heterocycles. The first-order valence-electron chi connectivity index (χ1n) is 7.89. The summed E-state index contributed by atoms with van der Waals surface area (Å²) in [5.41, 5.74) is 12.5. The molecular weight excluding hydrogens is 328 g/mol. The molecule has 0 aliphatic carbocycles. The summed E-state index contributed by atoms with van der Waals surface area (Å²) in [5.74, 6) is 0. The summed E-state index contributed by atoms with van der Waals surface area (Å²) >= 11 is 0. The molecule has 0 spiro atoms. The van der Waals surface area contributed by atoms with E-state index in [0.29, 0.717) is 0 Å². The average molecular weight is 348 g/mol. The second-order valence-corrected chi connectivity index (χ2v) is 5.20. The zero-order valence-corrected chi connectivity index (χ0v) is 14.1. The highest BCUT2D eigenvalue weighted by atomic mass is 16.2. The van der Waals surface area contributed by atoms with Crippen molar-refractivity contribution < 1.29 is 9.59 Å². The molecule has 4 amide bonds. The Balaban J connectivity index is 0.000000209. The maximum absolute atomic E-state index is 11.4. The molecule has 0 fully saturated rings. The van der Waals surface area contributed by atoms with Crippen molar-refractivity contribution in [3.05, 3.63) is 91.0 Å². The van der Waals surface area contributed by atoms with Crippen molar-refractivity contribution in [3.63, 3.8) is 0 Å². The maximum atomic E-state index is 11.4. The van der Waals surface area contributed by atoms with Crippen molar-refractivity contribution in [1.29, 1.82) is 0 Å². The number of benzene rings is 3. The summed E-state index contributed by atoms with van der Waals surface area (Å²) in [5, 5.41) is 2.44. The van der Waals surface area contributed by atoms with E-state index in [9.17, 15) is 9.59 Å². The lowest BCUT2D eigenvalue weighted by Gasteiger charge is -2.20. The molecule has 3 aromatic carbocycles. The Hall–Kier alpha value is -3.80. The highest BCUT2D eigenvalue weighted by molar-refractivity contribution is 5.98. The maximum Gasteiger partial charge on any atom is 0.323 e. The zero-order chi connectivity index (χ0) is 18.8. The van der Waals surface area contributed by atoms with Crippen LogP contribution in [0.4, 0.5) is 26.7 Å².